The van der Waals surface area contributed by atoms with Crippen LogP contribution in [0, 0.1) is 0 Å². The van der Waals surface area contributed by atoms with E-state index in [2.05, 4.69) is 4.72 Å². The molecule has 0 saturated carbocycles. The zero-order valence-corrected chi connectivity index (χ0v) is 13.7. The molecule has 2 N–H and O–H groups in total. The van der Waals surface area contributed by atoms with Gasteiger partial charge in [-0.05, 0) is 28.5 Å². The highest BCUT2D eigenvalue weighted by Gasteiger charge is 2.18. The van der Waals surface area contributed by atoms with Gasteiger partial charge in [0.05, 0.1) is 17.4 Å². The van der Waals surface area contributed by atoms with Gasteiger partial charge in [0.15, 0.2) is 0 Å². The molecule has 0 aliphatic carbocycles. The van der Waals surface area contributed by atoms with Gasteiger partial charge in [-0.3, -0.25) is 4.79 Å². The van der Waals surface area contributed by atoms with Crippen molar-refractivity contribution in [2.24, 2.45) is 0 Å². The molecule has 3 aromatic carbocycles. The van der Waals surface area contributed by atoms with Gasteiger partial charge >= 0.3 is 5.97 Å². The number of fused-ring (bicyclic) bond motifs is 1. The van der Waals surface area contributed by atoms with Crippen molar-refractivity contribution in [3.63, 3.8) is 0 Å². The van der Waals surface area contributed by atoms with Gasteiger partial charge in [-0.2, -0.15) is 0 Å². The van der Waals surface area contributed by atoms with E-state index in [0.717, 1.165) is 16.3 Å². The quantitative estimate of drug-likeness (QED) is 0.720. The number of carbonyl (C=O) groups is 1. The van der Waals surface area contributed by atoms with Gasteiger partial charge in [-0.15, -0.1) is 0 Å². The number of carboxylic acids is 1. The molecule has 4 nitrogen and oxygen atoms in total. The third-order valence-corrected chi connectivity index (χ3v) is 4.95. The summed E-state index contributed by atoms with van der Waals surface area (Å²) in [4.78, 5) is 11.8. The normalized spacial score (nSPS) is 13.5. The zero-order chi connectivity index (χ0) is 16.9. The van der Waals surface area contributed by atoms with Crippen LogP contribution in [0.1, 0.15) is 18.0 Å². The van der Waals surface area contributed by atoms with Crippen molar-refractivity contribution < 1.29 is 14.1 Å². The summed E-state index contributed by atoms with van der Waals surface area (Å²) >= 11 is 0. The molecule has 5 heteroatoms. The molecule has 3 rings (SSSR count). The van der Waals surface area contributed by atoms with Crippen LogP contribution >= 0.6 is 0 Å². The van der Waals surface area contributed by atoms with E-state index in [1.54, 1.807) is 6.07 Å². The molecule has 0 spiro atoms. The number of carboxylic acid groups (broad SMARTS) is 1. The van der Waals surface area contributed by atoms with E-state index in [1.807, 2.05) is 66.7 Å². The Bertz CT molecular complexity index is 880. The third-order valence-electron chi connectivity index (χ3n) is 3.76. The van der Waals surface area contributed by atoms with Crippen molar-refractivity contribution in [2.75, 3.05) is 0 Å². The minimum atomic E-state index is -1.50. The Kier molecular flexibility index (Phi) is 5.03. The van der Waals surface area contributed by atoms with Crippen molar-refractivity contribution in [3.8, 4) is 0 Å². The molecule has 122 valence electrons. The number of hydrogen-bond donors (Lipinski definition) is 2. The van der Waals surface area contributed by atoms with Crippen molar-refractivity contribution in [3.05, 3.63) is 78.4 Å². The van der Waals surface area contributed by atoms with E-state index in [1.165, 1.54) is 0 Å². The largest absolute Gasteiger partial charge is 0.481 e. The first-order valence-electron chi connectivity index (χ1n) is 7.57. The van der Waals surface area contributed by atoms with Crippen LogP contribution in [0.15, 0.2) is 77.7 Å². The zero-order valence-electron chi connectivity index (χ0n) is 12.9. The first-order valence-corrected chi connectivity index (χ1v) is 8.72. The lowest BCUT2D eigenvalue weighted by molar-refractivity contribution is -0.137. The van der Waals surface area contributed by atoms with Gasteiger partial charge in [0.1, 0.15) is 11.0 Å². The maximum absolute atomic E-state index is 12.7. The average Bonchev–Trinajstić information content (AvgIpc) is 2.61. The summed E-state index contributed by atoms with van der Waals surface area (Å²) in [5.74, 6) is -0.938. The fraction of sp³-hybridized carbons (Fsp3) is 0.105. The predicted molar refractivity (Wildman–Crippen MR) is 94.9 cm³/mol. The van der Waals surface area contributed by atoms with Crippen LogP contribution in [-0.2, 0) is 15.8 Å². The fourth-order valence-corrected chi connectivity index (χ4v) is 3.61. The second kappa shape index (κ2) is 7.38. The molecule has 0 aliphatic heterocycles. The van der Waals surface area contributed by atoms with Gasteiger partial charge in [0, 0.05) is 0 Å². The summed E-state index contributed by atoms with van der Waals surface area (Å²) < 4.78 is 15.6. The number of benzene rings is 3. The molecule has 0 heterocycles. The van der Waals surface area contributed by atoms with Crippen LogP contribution in [0.5, 0.6) is 0 Å². The average molecular weight is 339 g/mol. The molecular weight excluding hydrogens is 322 g/mol. The summed E-state index contributed by atoms with van der Waals surface area (Å²) in [6.45, 7) is 0. The molecule has 0 aromatic heterocycles. The van der Waals surface area contributed by atoms with Crippen LogP contribution in [0.2, 0.25) is 0 Å². The Balaban J connectivity index is 1.85. The van der Waals surface area contributed by atoms with Crippen molar-refractivity contribution in [1.29, 1.82) is 0 Å². The number of aliphatic carboxylic acids is 1. The molecule has 0 radical (unpaired) electrons. The Labute approximate surface area is 142 Å². The van der Waals surface area contributed by atoms with Crippen LogP contribution in [0.4, 0.5) is 0 Å². The first-order chi connectivity index (χ1) is 11.6. The highest BCUT2D eigenvalue weighted by molar-refractivity contribution is 7.83. The van der Waals surface area contributed by atoms with E-state index in [4.69, 9.17) is 5.11 Å². The smallest absolute Gasteiger partial charge is 0.305 e. The molecule has 0 aliphatic rings. The highest BCUT2D eigenvalue weighted by Crippen LogP contribution is 2.21. The molecule has 3 aromatic rings. The van der Waals surface area contributed by atoms with Crippen molar-refractivity contribution in [1.82, 2.24) is 4.72 Å². The predicted octanol–water partition coefficient (Wildman–Crippen LogP) is 3.67. The van der Waals surface area contributed by atoms with Gasteiger partial charge in [0.2, 0.25) is 0 Å². The molecule has 2 atom stereocenters. The number of nitrogens with one attached hydrogen (secondary N) is 1. The summed E-state index contributed by atoms with van der Waals surface area (Å²) in [5, 5.41) is 11.2. The number of hydrogen-bond acceptors (Lipinski definition) is 2. The Morgan fingerprint density at radius 3 is 2.33 bits per heavy atom. The molecule has 0 saturated heterocycles. The summed E-state index contributed by atoms with van der Waals surface area (Å²) in [6, 6.07) is 22.1. The van der Waals surface area contributed by atoms with Crippen LogP contribution in [0.25, 0.3) is 10.8 Å². The second-order valence-electron chi connectivity index (χ2n) is 5.46. The van der Waals surface area contributed by atoms with Crippen LogP contribution < -0.4 is 4.72 Å². The molecule has 2 unspecified atom stereocenters. The van der Waals surface area contributed by atoms with E-state index in [0.29, 0.717) is 4.90 Å². The van der Waals surface area contributed by atoms with E-state index >= 15 is 0 Å². The second-order valence-corrected chi connectivity index (χ2v) is 6.70. The standard InChI is InChI=1S/C19H17NO3S/c21-19(22)13-18(15-7-2-1-3-8-15)20-24(23)17-11-10-14-6-4-5-9-16(14)12-17/h1-12,18,20H,13H2,(H,21,22). The summed E-state index contributed by atoms with van der Waals surface area (Å²) in [6.07, 6.45) is -0.136. The van der Waals surface area contributed by atoms with E-state index in [9.17, 15) is 9.00 Å². The number of rotatable bonds is 6. The fourth-order valence-electron chi connectivity index (χ4n) is 2.57. The van der Waals surface area contributed by atoms with Gasteiger partial charge < -0.3 is 5.11 Å². The van der Waals surface area contributed by atoms with Crippen molar-refractivity contribution >= 4 is 27.7 Å². The Morgan fingerprint density at radius 2 is 1.62 bits per heavy atom. The third kappa shape index (κ3) is 3.88. The minimum Gasteiger partial charge on any atom is -0.481 e. The van der Waals surface area contributed by atoms with Gasteiger partial charge in [-0.25, -0.2) is 8.93 Å². The van der Waals surface area contributed by atoms with Gasteiger partial charge in [-0.1, -0.05) is 60.7 Å². The van der Waals surface area contributed by atoms with E-state index in [-0.39, 0.29) is 6.42 Å². The van der Waals surface area contributed by atoms with Crippen LogP contribution in [0.3, 0.4) is 0 Å². The molecule has 0 amide bonds. The molecule has 0 fully saturated rings. The minimum absolute atomic E-state index is 0.136. The molecule has 0 bridgehead atoms. The lowest BCUT2D eigenvalue weighted by Gasteiger charge is -2.17. The van der Waals surface area contributed by atoms with Crippen molar-refractivity contribution in [2.45, 2.75) is 17.4 Å². The topological polar surface area (TPSA) is 66.4 Å². The SMILES string of the molecule is O=C(O)CC(NS(=O)c1ccc2ccccc2c1)c1ccccc1. The maximum Gasteiger partial charge on any atom is 0.305 e. The first kappa shape index (κ1) is 16.4. The highest BCUT2D eigenvalue weighted by atomic mass is 32.2. The summed E-state index contributed by atoms with van der Waals surface area (Å²) in [5.41, 5.74) is 0.800. The monoisotopic (exact) mass is 339 g/mol. The maximum atomic E-state index is 12.7. The lowest BCUT2D eigenvalue weighted by Crippen LogP contribution is -2.26. The molecular formula is C19H17NO3S. The Hall–Kier alpha value is -2.50. The Morgan fingerprint density at radius 1 is 0.958 bits per heavy atom. The summed E-state index contributed by atoms with van der Waals surface area (Å²) in [7, 11) is -1.50. The van der Waals surface area contributed by atoms with E-state index < -0.39 is 23.0 Å². The van der Waals surface area contributed by atoms with Crippen LogP contribution in [-0.4, -0.2) is 15.3 Å². The lowest BCUT2D eigenvalue weighted by atomic mass is 10.1. The molecule has 24 heavy (non-hydrogen) atoms. The van der Waals surface area contributed by atoms with Gasteiger partial charge in [0.25, 0.3) is 0 Å².